The van der Waals surface area contributed by atoms with Crippen molar-refractivity contribution in [2.24, 2.45) is 28.8 Å². The molecule has 0 radical (unpaired) electrons. The van der Waals surface area contributed by atoms with Gasteiger partial charge in [-0.05, 0) is 37.0 Å². The van der Waals surface area contributed by atoms with Crippen LogP contribution in [0.15, 0.2) is 5.18 Å². The van der Waals surface area contributed by atoms with Crippen LogP contribution in [0.5, 0.6) is 0 Å². The predicted octanol–water partition coefficient (Wildman–Crippen LogP) is 4.88. The molecule has 0 amide bonds. The van der Waals surface area contributed by atoms with Gasteiger partial charge in [-0.3, -0.25) is 0 Å². The van der Waals surface area contributed by atoms with Crippen molar-refractivity contribution in [3.63, 3.8) is 0 Å². The van der Waals surface area contributed by atoms with E-state index in [1.807, 2.05) is 6.92 Å². The summed E-state index contributed by atoms with van der Waals surface area (Å²) in [6.07, 6.45) is 2.03. The topological polar surface area (TPSA) is 29.4 Å². The fourth-order valence-corrected chi connectivity index (χ4v) is 2.38. The zero-order valence-electron chi connectivity index (χ0n) is 12.1. The van der Waals surface area contributed by atoms with Crippen LogP contribution < -0.4 is 0 Å². The molecule has 0 aromatic carbocycles. The predicted molar refractivity (Wildman–Crippen MR) is 71.4 cm³/mol. The van der Waals surface area contributed by atoms with Gasteiger partial charge in [0, 0.05) is 0 Å². The third-order valence-corrected chi connectivity index (χ3v) is 5.06. The molecule has 0 aliphatic rings. The molecule has 0 aliphatic heterocycles. The second-order valence-electron chi connectivity index (χ2n) is 5.69. The minimum absolute atomic E-state index is 0.346. The Balaban J connectivity index is 4.71. The average molecular weight is 227 g/mol. The molecular formula is C14H29NO. The quantitative estimate of drug-likeness (QED) is 0.570. The maximum Gasteiger partial charge on any atom is 0.102 e. The highest BCUT2D eigenvalue weighted by atomic mass is 16.3. The van der Waals surface area contributed by atoms with Crippen molar-refractivity contribution in [3.8, 4) is 0 Å². The van der Waals surface area contributed by atoms with E-state index < -0.39 is 5.54 Å². The van der Waals surface area contributed by atoms with E-state index in [0.717, 1.165) is 6.42 Å². The van der Waals surface area contributed by atoms with Crippen molar-refractivity contribution in [2.75, 3.05) is 0 Å². The molecule has 0 spiro atoms. The van der Waals surface area contributed by atoms with E-state index in [1.54, 1.807) is 0 Å². The molecule has 96 valence electrons. The second kappa shape index (κ2) is 6.36. The molecule has 16 heavy (non-hydrogen) atoms. The average Bonchev–Trinajstić information content (AvgIpc) is 2.33. The van der Waals surface area contributed by atoms with Gasteiger partial charge in [0.15, 0.2) is 0 Å². The Morgan fingerprint density at radius 1 is 1.06 bits per heavy atom. The zero-order valence-corrected chi connectivity index (χ0v) is 12.1. The van der Waals surface area contributed by atoms with Crippen molar-refractivity contribution < 1.29 is 0 Å². The first-order valence-corrected chi connectivity index (χ1v) is 6.68. The summed E-state index contributed by atoms with van der Waals surface area (Å²) in [6, 6.07) is 0. The van der Waals surface area contributed by atoms with Crippen LogP contribution in [-0.4, -0.2) is 5.54 Å². The first kappa shape index (κ1) is 15.6. The van der Waals surface area contributed by atoms with Crippen LogP contribution in [0.4, 0.5) is 0 Å². The van der Waals surface area contributed by atoms with Gasteiger partial charge in [-0.15, -0.1) is 0 Å². The maximum atomic E-state index is 11.0. The maximum absolute atomic E-state index is 11.0. The van der Waals surface area contributed by atoms with E-state index in [1.165, 1.54) is 6.42 Å². The smallest absolute Gasteiger partial charge is 0.102 e. The fraction of sp³-hybridized carbons (Fsp3) is 1.00. The Labute approximate surface area is 101 Å². The molecule has 0 saturated carbocycles. The molecule has 0 rings (SSSR count). The summed E-state index contributed by atoms with van der Waals surface area (Å²) in [5.74, 6) is 2.24. The van der Waals surface area contributed by atoms with Crippen LogP contribution in [0, 0.1) is 28.6 Å². The van der Waals surface area contributed by atoms with Gasteiger partial charge in [0.1, 0.15) is 5.54 Å². The Morgan fingerprint density at radius 3 is 1.88 bits per heavy atom. The van der Waals surface area contributed by atoms with Gasteiger partial charge >= 0.3 is 0 Å². The summed E-state index contributed by atoms with van der Waals surface area (Å²) in [5, 5.41) is 3.38. The van der Waals surface area contributed by atoms with Crippen LogP contribution in [-0.2, 0) is 0 Å². The molecule has 0 saturated heterocycles. The largest absolute Gasteiger partial charge is 0.150 e. The highest BCUT2D eigenvalue weighted by molar-refractivity contribution is 4.90. The monoisotopic (exact) mass is 227 g/mol. The van der Waals surface area contributed by atoms with E-state index in [2.05, 4.69) is 46.7 Å². The summed E-state index contributed by atoms with van der Waals surface area (Å²) in [5.41, 5.74) is -0.402. The molecule has 5 atom stereocenters. The van der Waals surface area contributed by atoms with Crippen LogP contribution in [0.2, 0.25) is 0 Å². The van der Waals surface area contributed by atoms with Crippen LogP contribution in [0.1, 0.15) is 61.3 Å². The number of nitroso groups, excluding NO2 is 1. The zero-order chi connectivity index (χ0) is 12.9. The van der Waals surface area contributed by atoms with Gasteiger partial charge < -0.3 is 0 Å². The van der Waals surface area contributed by atoms with E-state index >= 15 is 0 Å². The molecule has 0 N–H and O–H groups in total. The molecule has 0 bridgehead atoms. The van der Waals surface area contributed by atoms with Crippen molar-refractivity contribution >= 4 is 0 Å². The summed E-state index contributed by atoms with van der Waals surface area (Å²) in [4.78, 5) is 11.0. The molecule has 0 aromatic rings. The van der Waals surface area contributed by atoms with E-state index in [9.17, 15) is 4.91 Å². The van der Waals surface area contributed by atoms with Crippen molar-refractivity contribution in [3.05, 3.63) is 4.91 Å². The third kappa shape index (κ3) is 3.29. The molecule has 0 aromatic heterocycles. The van der Waals surface area contributed by atoms with Gasteiger partial charge in [0.2, 0.25) is 0 Å². The lowest BCUT2D eigenvalue weighted by molar-refractivity contribution is 0.143. The normalized spacial score (nSPS) is 22.9. The van der Waals surface area contributed by atoms with Gasteiger partial charge in [-0.1, -0.05) is 53.1 Å². The summed E-state index contributed by atoms with van der Waals surface area (Å²) in [6.45, 7) is 15.3. The summed E-state index contributed by atoms with van der Waals surface area (Å²) in [7, 11) is 0. The van der Waals surface area contributed by atoms with Crippen LogP contribution in [0.3, 0.4) is 0 Å². The third-order valence-electron chi connectivity index (χ3n) is 5.06. The molecule has 0 aliphatic carbocycles. The molecule has 0 heterocycles. The minimum Gasteiger partial charge on any atom is -0.150 e. The summed E-state index contributed by atoms with van der Waals surface area (Å²) < 4.78 is 0. The standard InChI is InChI=1S/C14H29NO/c1-8-10(3)11(4)12(5)13(6)14(7,9-2)15-16/h10-13H,8-9H2,1-7H3. The Hall–Kier alpha value is -0.400. The molecular weight excluding hydrogens is 198 g/mol. The molecule has 2 nitrogen and oxygen atoms in total. The summed E-state index contributed by atoms with van der Waals surface area (Å²) >= 11 is 0. The van der Waals surface area contributed by atoms with Crippen molar-refractivity contribution in [1.82, 2.24) is 0 Å². The van der Waals surface area contributed by atoms with Gasteiger partial charge in [-0.25, -0.2) is 0 Å². The van der Waals surface area contributed by atoms with Gasteiger partial charge in [0.25, 0.3) is 0 Å². The fourth-order valence-electron chi connectivity index (χ4n) is 2.38. The first-order chi connectivity index (χ1) is 7.33. The number of rotatable bonds is 7. The van der Waals surface area contributed by atoms with Gasteiger partial charge in [0.05, 0.1) is 0 Å². The number of hydrogen-bond acceptors (Lipinski definition) is 2. The number of nitrogens with zero attached hydrogens (tertiary/aromatic N) is 1. The van der Waals surface area contributed by atoms with Gasteiger partial charge in [-0.2, -0.15) is 4.91 Å². The molecule has 2 heteroatoms. The van der Waals surface area contributed by atoms with E-state index in [4.69, 9.17) is 0 Å². The lowest BCUT2D eigenvalue weighted by atomic mass is 9.70. The minimum atomic E-state index is -0.402. The molecule has 0 fully saturated rings. The SMILES string of the molecule is CCC(C)C(C)C(C)C(C)C(C)(CC)N=O. The Kier molecular flexibility index (Phi) is 6.20. The Bertz CT molecular complexity index is 217. The van der Waals surface area contributed by atoms with E-state index in [-0.39, 0.29) is 0 Å². The second-order valence-corrected chi connectivity index (χ2v) is 5.69. The van der Waals surface area contributed by atoms with E-state index in [0.29, 0.717) is 23.7 Å². The highest BCUT2D eigenvalue weighted by Crippen LogP contribution is 2.37. The van der Waals surface area contributed by atoms with Crippen molar-refractivity contribution in [1.29, 1.82) is 0 Å². The highest BCUT2D eigenvalue weighted by Gasteiger charge is 2.37. The van der Waals surface area contributed by atoms with Crippen LogP contribution >= 0.6 is 0 Å². The first-order valence-electron chi connectivity index (χ1n) is 6.68. The Morgan fingerprint density at radius 2 is 1.56 bits per heavy atom. The van der Waals surface area contributed by atoms with Crippen molar-refractivity contribution in [2.45, 2.75) is 66.8 Å². The molecule has 5 unspecified atom stereocenters. The van der Waals surface area contributed by atoms with Crippen LogP contribution in [0.25, 0.3) is 0 Å². The lowest BCUT2D eigenvalue weighted by Gasteiger charge is -2.37. The lowest BCUT2D eigenvalue weighted by Crippen LogP contribution is -2.37. The number of hydrogen-bond donors (Lipinski definition) is 0.